The third-order valence-electron chi connectivity index (χ3n) is 5.43. The zero-order valence-electron chi connectivity index (χ0n) is 20.8. The van der Waals surface area contributed by atoms with Crippen LogP contribution in [-0.4, -0.2) is 71.7 Å². The number of nitrogens with zero attached hydrogens (tertiary/aromatic N) is 6. The van der Waals surface area contributed by atoms with Crippen molar-refractivity contribution in [3.05, 3.63) is 66.8 Å². The van der Waals surface area contributed by atoms with Gasteiger partial charge in [0.1, 0.15) is 27.2 Å². The monoisotopic (exact) mass is 589 g/mol. The number of halogens is 2. The van der Waals surface area contributed by atoms with Gasteiger partial charge in [-0.15, -0.1) is 0 Å². The Bertz CT molecular complexity index is 1720. The summed E-state index contributed by atoms with van der Waals surface area (Å²) < 4.78 is 71.7. The van der Waals surface area contributed by atoms with E-state index in [1.165, 1.54) is 30.7 Å². The molecule has 0 atom stereocenters. The van der Waals surface area contributed by atoms with E-state index in [0.717, 1.165) is 44.1 Å². The van der Waals surface area contributed by atoms with E-state index in [-0.39, 0.29) is 11.6 Å². The molecule has 0 aliphatic carbocycles. The Morgan fingerprint density at radius 2 is 1.75 bits per heavy atom. The molecule has 6 rings (SSSR count). The van der Waals surface area contributed by atoms with Crippen molar-refractivity contribution in [2.24, 2.45) is 0 Å². The molecule has 40 heavy (non-hydrogen) atoms. The normalized spacial score (nSPS) is 13.5. The number of ether oxygens (including phenoxy) is 3. The lowest BCUT2D eigenvalue weighted by Gasteiger charge is -2.12. The fraction of sp³-hybridized carbons (Fsp3) is 0.208. The Morgan fingerprint density at radius 1 is 0.975 bits per heavy atom. The molecule has 0 bridgehead atoms. The summed E-state index contributed by atoms with van der Waals surface area (Å²) in [7, 11) is -3.10. The second kappa shape index (κ2) is 12.0. The van der Waals surface area contributed by atoms with Gasteiger partial charge >= 0.3 is 0 Å². The van der Waals surface area contributed by atoms with Gasteiger partial charge in [0, 0.05) is 23.4 Å². The Labute approximate surface area is 230 Å². The number of methoxy groups -OCH3 is 1. The molecule has 0 radical (unpaired) electrons. The molecule has 1 aromatic carbocycles. The van der Waals surface area contributed by atoms with Crippen molar-refractivity contribution < 1.29 is 31.4 Å². The summed E-state index contributed by atoms with van der Waals surface area (Å²) in [6.07, 6.45) is 6.25. The van der Waals surface area contributed by atoms with E-state index in [2.05, 4.69) is 30.0 Å². The van der Waals surface area contributed by atoms with E-state index in [0.29, 0.717) is 27.3 Å². The van der Waals surface area contributed by atoms with E-state index >= 15 is 0 Å². The van der Waals surface area contributed by atoms with Gasteiger partial charge < -0.3 is 14.2 Å². The fourth-order valence-electron chi connectivity index (χ4n) is 3.59. The molecule has 0 spiro atoms. The summed E-state index contributed by atoms with van der Waals surface area (Å²) in [5.74, 6) is -2.16. The van der Waals surface area contributed by atoms with Crippen molar-refractivity contribution in [1.82, 2.24) is 29.8 Å². The summed E-state index contributed by atoms with van der Waals surface area (Å²) in [6.45, 7) is 3.11. The molecule has 0 saturated carbocycles. The minimum absolute atomic E-state index is 0.0419. The third kappa shape index (κ3) is 6.04. The number of benzene rings is 1. The Balaban J connectivity index is 0.000000477. The molecule has 0 unspecified atom stereocenters. The standard InChI is InChI=1S/C20H13F2N7O3S2.C4H8O2/c1-32-18-15(28-34(30,31)17-3-2-13(21)7-14(17)22)6-12(8-23-18)19-27-29-16(10-24-20(29)33-19)11-4-5-25-26-9-11;1-2-6-4-3-5-1/h2-10,28H,1H3;1-4H2. The molecule has 1 N–H and O–H groups in total. The zero-order valence-corrected chi connectivity index (χ0v) is 22.5. The average molecular weight is 590 g/mol. The second-order valence-corrected chi connectivity index (χ2v) is 10.7. The van der Waals surface area contributed by atoms with E-state index in [4.69, 9.17) is 14.2 Å². The molecule has 1 fully saturated rings. The molecular formula is C24H21F2N7O5S2. The van der Waals surface area contributed by atoms with E-state index in [1.54, 1.807) is 29.2 Å². The van der Waals surface area contributed by atoms with Crippen LogP contribution in [0, 0.1) is 11.6 Å². The molecule has 5 aromatic rings. The van der Waals surface area contributed by atoms with Crippen molar-refractivity contribution in [3.63, 3.8) is 0 Å². The summed E-state index contributed by atoms with van der Waals surface area (Å²) >= 11 is 1.25. The molecule has 208 valence electrons. The molecule has 1 aliphatic heterocycles. The van der Waals surface area contributed by atoms with E-state index < -0.39 is 26.6 Å². The van der Waals surface area contributed by atoms with Gasteiger partial charge in [-0.25, -0.2) is 31.7 Å². The highest BCUT2D eigenvalue weighted by molar-refractivity contribution is 7.92. The quantitative estimate of drug-likeness (QED) is 0.313. The molecule has 5 heterocycles. The van der Waals surface area contributed by atoms with Crippen molar-refractivity contribution in [3.8, 4) is 27.7 Å². The number of rotatable bonds is 6. The van der Waals surface area contributed by atoms with Crippen LogP contribution in [0.1, 0.15) is 0 Å². The number of pyridine rings is 1. The first-order valence-electron chi connectivity index (χ1n) is 11.6. The van der Waals surface area contributed by atoms with Gasteiger partial charge in [0.05, 0.1) is 57.8 Å². The van der Waals surface area contributed by atoms with Crippen molar-refractivity contribution in [2.75, 3.05) is 38.3 Å². The maximum absolute atomic E-state index is 14.1. The minimum Gasteiger partial charge on any atom is -0.480 e. The first kappa shape index (κ1) is 27.4. The van der Waals surface area contributed by atoms with Crippen LogP contribution in [0.4, 0.5) is 14.5 Å². The van der Waals surface area contributed by atoms with Crippen LogP contribution in [0.15, 0.2) is 60.0 Å². The van der Waals surface area contributed by atoms with Crippen molar-refractivity contribution >= 4 is 32.0 Å². The number of fused-ring (bicyclic) bond motifs is 1. The number of sulfonamides is 1. The first-order chi connectivity index (χ1) is 19.4. The minimum atomic E-state index is -4.41. The number of nitrogens with one attached hydrogen (secondary N) is 1. The summed E-state index contributed by atoms with van der Waals surface area (Å²) in [5, 5.41) is 12.7. The number of aromatic nitrogens is 6. The number of hydrogen-bond acceptors (Lipinski definition) is 11. The average Bonchev–Trinajstić information content (AvgIpc) is 3.56. The Kier molecular flexibility index (Phi) is 8.20. The van der Waals surface area contributed by atoms with Crippen LogP contribution in [0.3, 0.4) is 0 Å². The molecule has 0 amide bonds. The van der Waals surface area contributed by atoms with Crippen LogP contribution in [0.2, 0.25) is 0 Å². The summed E-state index contributed by atoms with van der Waals surface area (Å²) in [6, 6.07) is 5.40. The maximum Gasteiger partial charge on any atom is 0.264 e. The van der Waals surface area contributed by atoms with Gasteiger partial charge in [0.25, 0.3) is 10.0 Å². The van der Waals surface area contributed by atoms with Crippen LogP contribution < -0.4 is 9.46 Å². The molecule has 16 heteroatoms. The largest absolute Gasteiger partial charge is 0.480 e. The predicted molar refractivity (Wildman–Crippen MR) is 140 cm³/mol. The highest BCUT2D eigenvalue weighted by Gasteiger charge is 2.23. The van der Waals surface area contributed by atoms with Crippen LogP contribution in [0.25, 0.3) is 26.8 Å². The van der Waals surface area contributed by atoms with Gasteiger partial charge in [-0.05, 0) is 24.3 Å². The van der Waals surface area contributed by atoms with Gasteiger partial charge in [-0.2, -0.15) is 15.3 Å². The smallest absolute Gasteiger partial charge is 0.264 e. The number of anilines is 1. The lowest BCUT2D eigenvalue weighted by Crippen LogP contribution is -2.16. The van der Waals surface area contributed by atoms with Gasteiger partial charge in [-0.1, -0.05) is 11.3 Å². The van der Waals surface area contributed by atoms with Gasteiger partial charge in [0.15, 0.2) is 0 Å². The van der Waals surface area contributed by atoms with Gasteiger partial charge in [0.2, 0.25) is 10.8 Å². The van der Waals surface area contributed by atoms with E-state index in [9.17, 15) is 17.2 Å². The fourth-order valence-corrected chi connectivity index (χ4v) is 5.55. The number of imidazole rings is 1. The van der Waals surface area contributed by atoms with Crippen molar-refractivity contribution in [1.29, 1.82) is 0 Å². The van der Waals surface area contributed by atoms with Crippen molar-refractivity contribution in [2.45, 2.75) is 4.90 Å². The highest BCUT2D eigenvalue weighted by atomic mass is 32.2. The molecular weight excluding hydrogens is 568 g/mol. The van der Waals surface area contributed by atoms with Crippen LogP contribution >= 0.6 is 11.3 Å². The lowest BCUT2D eigenvalue weighted by atomic mass is 10.2. The Morgan fingerprint density at radius 3 is 2.40 bits per heavy atom. The topological polar surface area (TPSA) is 143 Å². The van der Waals surface area contributed by atoms with Crippen LogP contribution in [-0.2, 0) is 19.5 Å². The molecule has 4 aromatic heterocycles. The zero-order chi connectivity index (χ0) is 28.1. The summed E-state index contributed by atoms with van der Waals surface area (Å²) in [5.41, 5.74) is 1.88. The molecule has 12 nitrogen and oxygen atoms in total. The second-order valence-electron chi connectivity index (χ2n) is 8.06. The molecule has 1 aliphatic rings. The van der Waals surface area contributed by atoms with Gasteiger partial charge in [-0.3, -0.25) is 4.72 Å². The summed E-state index contributed by atoms with van der Waals surface area (Å²) in [4.78, 5) is 8.37. The predicted octanol–water partition coefficient (Wildman–Crippen LogP) is 3.43. The third-order valence-corrected chi connectivity index (χ3v) is 7.80. The number of hydrogen-bond donors (Lipinski definition) is 1. The molecule has 1 saturated heterocycles. The Hall–Kier alpha value is -4.12. The first-order valence-corrected chi connectivity index (χ1v) is 13.9. The lowest BCUT2D eigenvalue weighted by molar-refractivity contribution is -0.0334. The SMILES string of the molecule is C1COCCO1.COc1ncc(-c2nn3c(-c4ccnnc4)cnc3s2)cc1NS(=O)(=O)c1ccc(F)cc1F. The van der Waals surface area contributed by atoms with E-state index in [1.807, 2.05) is 0 Å². The van der Waals surface area contributed by atoms with Crippen LogP contribution in [0.5, 0.6) is 5.88 Å². The maximum atomic E-state index is 14.1. The highest BCUT2D eigenvalue weighted by Crippen LogP contribution is 2.33.